The molecule has 75 heavy (non-hydrogen) atoms. The number of unbranched alkanes of at least 4 members (excludes halogenated alkanes) is 51. The van der Waals surface area contributed by atoms with Crippen molar-refractivity contribution in [3.63, 3.8) is 0 Å². The SMILES string of the molecule is CCCCCCCCCCCCCCCCCCCCCCCCCCCCCC(=O)NC(COP(=O)([O-])OCC[N+](C)(C)C)C(O)CCCCCCCCCCCCCCCCCCCCCCCCCCCC. The number of carbonyl (C=O) groups excluding carboxylic acids is 1. The van der Waals surface area contributed by atoms with Gasteiger partial charge in [-0.2, -0.15) is 0 Å². The zero-order valence-electron chi connectivity index (χ0n) is 51.5. The molecule has 1 amide bonds. The van der Waals surface area contributed by atoms with Crippen molar-refractivity contribution >= 4 is 13.7 Å². The Kier molecular flexibility index (Phi) is 57.8. The van der Waals surface area contributed by atoms with Gasteiger partial charge in [0.2, 0.25) is 5.91 Å². The van der Waals surface area contributed by atoms with Crippen molar-refractivity contribution in [2.24, 2.45) is 0 Å². The molecule has 0 aliphatic rings. The molecule has 3 atom stereocenters. The molecule has 0 heterocycles. The minimum Gasteiger partial charge on any atom is -0.756 e. The minimum atomic E-state index is -4.57. The third-order valence-electron chi connectivity index (χ3n) is 16.1. The van der Waals surface area contributed by atoms with Gasteiger partial charge in [-0.15, -0.1) is 0 Å². The maximum Gasteiger partial charge on any atom is 0.268 e. The average molecular weight is 1080 g/mol. The number of likely N-dealkylation sites (N-methyl/N-ethyl adjacent to an activating group) is 1. The Morgan fingerprint density at radius 1 is 0.413 bits per heavy atom. The molecule has 0 radical (unpaired) electrons. The van der Waals surface area contributed by atoms with Crippen LogP contribution in [0.15, 0.2) is 0 Å². The first kappa shape index (κ1) is 74.5. The number of hydrogen-bond donors (Lipinski definition) is 2. The van der Waals surface area contributed by atoms with Gasteiger partial charge >= 0.3 is 0 Å². The molecule has 3 unspecified atom stereocenters. The number of carbonyl (C=O) groups is 1. The Morgan fingerprint density at radius 2 is 0.653 bits per heavy atom. The molecular formula is C66H135N2O6P. The zero-order chi connectivity index (χ0) is 54.9. The summed E-state index contributed by atoms with van der Waals surface area (Å²) in [6.07, 6.45) is 71.7. The summed E-state index contributed by atoms with van der Waals surface area (Å²) in [6, 6.07) is -0.796. The standard InChI is InChI=1S/C66H135N2O6P/c1-6-8-10-12-14-16-18-20-22-24-26-28-30-32-34-36-38-40-42-44-46-48-50-52-54-56-58-60-66(70)67-64(63-74-75(71,72)73-62-61-68(3,4)5)65(69)59-57-55-53-51-49-47-45-43-41-39-37-35-33-31-29-27-25-23-21-19-17-15-13-11-9-7-2/h64-65,69H,6-63H2,1-5H3,(H-,67,70,71,72). The van der Waals surface area contributed by atoms with Crippen LogP contribution in [0.25, 0.3) is 0 Å². The largest absolute Gasteiger partial charge is 0.756 e. The number of rotatable bonds is 64. The lowest BCUT2D eigenvalue weighted by molar-refractivity contribution is -0.870. The van der Waals surface area contributed by atoms with Crippen molar-refractivity contribution < 1.29 is 32.9 Å². The van der Waals surface area contributed by atoms with Crippen molar-refractivity contribution in [3.8, 4) is 0 Å². The number of aliphatic hydroxyl groups is 1. The number of hydrogen-bond acceptors (Lipinski definition) is 6. The van der Waals surface area contributed by atoms with E-state index in [1.807, 2.05) is 21.1 Å². The lowest BCUT2D eigenvalue weighted by Crippen LogP contribution is -2.46. The fraction of sp³-hybridized carbons (Fsp3) is 0.985. The van der Waals surface area contributed by atoms with E-state index in [0.29, 0.717) is 23.9 Å². The first-order valence-corrected chi connectivity index (χ1v) is 35.3. The van der Waals surface area contributed by atoms with E-state index >= 15 is 0 Å². The van der Waals surface area contributed by atoms with Gasteiger partial charge in [-0.25, -0.2) is 0 Å². The van der Waals surface area contributed by atoms with Crippen LogP contribution in [0.5, 0.6) is 0 Å². The summed E-state index contributed by atoms with van der Waals surface area (Å²) in [7, 11) is 1.33. The fourth-order valence-electron chi connectivity index (χ4n) is 10.8. The van der Waals surface area contributed by atoms with E-state index in [1.54, 1.807) is 0 Å². The first-order valence-electron chi connectivity index (χ1n) is 33.9. The van der Waals surface area contributed by atoms with Crippen molar-refractivity contribution in [3.05, 3.63) is 0 Å². The maximum absolute atomic E-state index is 13.0. The molecule has 2 N–H and O–H groups in total. The highest BCUT2D eigenvalue weighted by atomic mass is 31.2. The van der Waals surface area contributed by atoms with Gasteiger partial charge in [0.05, 0.1) is 39.9 Å². The maximum atomic E-state index is 13.0. The highest BCUT2D eigenvalue weighted by molar-refractivity contribution is 7.45. The van der Waals surface area contributed by atoms with E-state index in [0.717, 1.165) is 38.5 Å². The second kappa shape index (κ2) is 58.2. The van der Waals surface area contributed by atoms with Crippen molar-refractivity contribution in [1.82, 2.24) is 5.32 Å². The van der Waals surface area contributed by atoms with Crippen LogP contribution in [-0.2, 0) is 18.4 Å². The van der Waals surface area contributed by atoms with E-state index < -0.39 is 20.0 Å². The van der Waals surface area contributed by atoms with Gasteiger partial charge in [-0.3, -0.25) is 9.36 Å². The van der Waals surface area contributed by atoms with E-state index in [9.17, 15) is 19.4 Å². The normalized spacial score (nSPS) is 13.6. The van der Waals surface area contributed by atoms with Crippen LogP contribution in [-0.4, -0.2) is 68.5 Å². The van der Waals surface area contributed by atoms with Crippen LogP contribution in [0.1, 0.15) is 367 Å². The van der Waals surface area contributed by atoms with E-state index in [-0.39, 0.29) is 19.1 Å². The number of phosphoric acid groups is 1. The van der Waals surface area contributed by atoms with Gasteiger partial charge in [0.25, 0.3) is 7.82 Å². The monoisotopic (exact) mass is 1080 g/mol. The third-order valence-corrected chi connectivity index (χ3v) is 17.1. The Morgan fingerprint density at radius 3 is 0.907 bits per heavy atom. The predicted molar refractivity (Wildman–Crippen MR) is 326 cm³/mol. The summed E-state index contributed by atoms with van der Waals surface area (Å²) in [5.41, 5.74) is 0. The molecule has 0 spiro atoms. The molecule has 9 heteroatoms. The highest BCUT2D eigenvalue weighted by Crippen LogP contribution is 2.38. The number of phosphoric ester groups is 1. The average Bonchev–Trinajstić information content (AvgIpc) is 3.37. The molecule has 0 aliphatic heterocycles. The molecule has 0 aromatic carbocycles. The Bertz CT molecular complexity index is 1180. The first-order chi connectivity index (χ1) is 36.5. The van der Waals surface area contributed by atoms with Crippen molar-refractivity contribution in [2.45, 2.75) is 379 Å². The molecule has 450 valence electrons. The van der Waals surface area contributed by atoms with E-state index in [1.165, 1.54) is 302 Å². The topological polar surface area (TPSA) is 108 Å². The summed E-state index contributed by atoms with van der Waals surface area (Å²) < 4.78 is 23.5. The lowest BCUT2D eigenvalue weighted by Gasteiger charge is -2.30. The van der Waals surface area contributed by atoms with Crippen molar-refractivity contribution in [2.75, 3.05) is 40.9 Å². The molecule has 0 fully saturated rings. The van der Waals surface area contributed by atoms with E-state index in [2.05, 4.69) is 19.2 Å². The number of nitrogens with zero attached hydrogens (tertiary/aromatic N) is 1. The molecule has 8 nitrogen and oxygen atoms in total. The molecular weight excluding hydrogens is 948 g/mol. The summed E-state index contributed by atoms with van der Waals surface area (Å²) in [6.45, 7) is 4.80. The zero-order valence-corrected chi connectivity index (χ0v) is 52.4. The second-order valence-corrected chi connectivity index (χ2v) is 26.3. The summed E-state index contributed by atoms with van der Waals surface area (Å²) in [5.74, 6) is -0.154. The number of nitrogens with one attached hydrogen (secondary N) is 1. The van der Waals surface area contributed by atoms with Crippen LogP contribution in [0.4, 0.5) is 0 Å². The van der Waals surface area contributed by atoms with Crippen molar-refractivity contribution in [1.29, 1.82) is 0 Å². The Balaban J connectivity index is 4.01. The Labute approximate surface area is 470 Å². The summed E-state index contributed by atoms with van der Waals surface area (Å²) >= 11 is 0. The fourth-order valence-corrected chi connectivity index (χ4v) is 11.5. The van der Waals surface area contributed by atoms with Crippen LogP contribution in [0, 0.1) is 0 Å². The van der Waals surface area contributed by atoms with Gasteiger partial charge < -0.3 is 28.8 Å². The molecule has 0 saturated heterocycles. The van der Waals surface area contributed by atoms with Gasteiger partial charge in [-0.05, 0) is 12.8 Å². The third kappa shape index (κ3) is 61.0. The molecule has 0 aromatic rings. The van der Waals surface area contributed by atoms with Gasteiger partial charge in [-0.1, -0.05) is 348 Å². The predicted octanol–water partition coefficient (Wildman–Crippen LogP) is 20.5. The van der Waals surface area contributed by atoms with E-state index in [4.69, 9.17) is 9.05 Å². The van der Waals surface area contributed by atoms with Gasteiger partial charge in [0.15, 0.2) is 0 Å². The molecule has 0 bridgehead atoms. The van der Waals surface area contributed by atoms with Crippen LogP contribution >= 0.6 is 7.82 Å². The number of amides is 1. The summed E-state index contributed by atoms with van der Waals surface area (Å²) in [5, 5.41) is 14.1. The van der Waals surface area contributed by atoms with Crippen LogP contribution in [0.2, 0.25) is 0 Å². The lowest BCUT2D eigenvalue weighted by atomic mass is 10.0. The number of quaternary nitrogens is 1. The van der Waals surface area contributed by atoms with Gasteiger partial charge in [0.1, 0.15) is 13.2 Å². The molecule has 0 aromatic heterocycles. The van der Waals surface area contributed by atoms with Crippen LogP contribution < -0.4 is 10.2 Å². The molecule has 0 rings (SSSR count). The van der Waals surface area contributed by atoms with Crippen LogP contribution in [0.3, 0.4) is 0 Å². The number of aliphatic hydroxyl groups excluding tert-OH is 1. The second-order valence-electron chi connectivity index (χ2n) is 24.9. The molecule has 0 saturated carbocycles. The van der Waals surface area contributed by atoms with Gasteiger partial charge in [0, 0.05) is 6.42 Å². The summed E-state index contributed by atoms with van der Waals surface area (Å²) in [4.78, 5) is 25.6. The highest BCUT2D eigenvalue weighted by Gasteiger charge is 2.24. The molecule has 0 aliphatic carbocycles. The smallest absolute Gasteiger partial charge is 0.268 e. The quantitative estimate of drug-likeness (QED) is 0.0357. The Hall–Kier alpha value is -0.500. The minimum absolute atomic E-state index is 0.0169.